The van der Waals surface area contributed by atoms with Gasteiger partial charge in [0.1, 0.15) is 11.4 Å². The van der Waals surface area contributed by atoms with Crippen molar-refractivity contribution in [3.63, 3.8) is 0 Å². The van der Waals surface area contributed by atoms with Crippen molar-refractivity contribution in [3.05, 3.63) is 66.5 Å². The first-order chi connectivity index (χ1) is 22.1. The molecule has 15 heteroatoms. The molecule has 2 aromatic heterocycles. The molecule has 3 heterocycles. The molecule has 1 amide bonds. The molecular weight excluding hydrogens is 637 g/mol. The number of ether oxygens (including phenoxy) is 2. The lowest BCUT2D eigenvalue weighted by atomic mass is 10.0. The molecule has 250 valence electrons. The molecule has 5 rings (SSSR count). The molecule has 11 nitrogen and oxygen atoms in total. The van der Waals surface area contributed by atoms with E-state index >= 15 is 0 Å². The van der Waals surface area contributed by atoms with Gasteiger partial charge in [0.05, 0.1) is 16.9 Å². The highest BCUT2D eigenvalue weighted by Crippen LogP contribution is 2.39. The van der Waals surface area contributed by atoms with Crippen molar-refractivity contribution in [2.75, 3.05) is 28.9 Å². The van der Waals surface area contributed by atoms with E-state index in [9.17, 15) is 26.4 Å². The van der Waals surface area contributed by atoms with Crippen LogP contribution in [-0.4, -0.2) is 71.0 Å². The van der Waals surface area contributed by atoms with Gasteiger partial charge in [-0.05, 0) is 70.4 Å². The number of carbonyl (C=O) groups excluding carboxylic acids is 1. The molecular formula is C32H35F3N6O5S. The minimum Gasteiger partial charge on any atom is -0.444 e. The number of anilines is 2. The van der Waals surface area contributed by atoms with Crippen LogP contribution in [0.5, 0.6) is 11.6 Å². The molecule has 0 saturated carbocycles. The third kappa shape index (κ3) is 8.78. The van der Waals surface area contributed by atoms with E-state index < -0.39 is 27.6 Å². The number of likely N-dealkylation sites (tertiary alicyclic amines) is 1. The zero-order chi connectivity index (χ0) is 34.0. The van der Waals surface area contributed by atoms with Crippen LogP contribution in [0.3, 0.4) is 0 Å². The highest BCUT2D eigenvalue weighted by molar-refractivity contribution is 7.92. The number of hydrogen-bond donors (Lipinski definition) is 2. The van der Waals surface area contributed by atoms with E-state index in [0.29, 0.717) is 52.4 Å². The SMILES string of the molecule is Cc1ccc2c(NS(=O)(=O)CC(F)(F)F)cccc2c1Oc1ncccc1-c1ccnc(N[C@H]2CCCN(C(=O)OC(C)(C)C)C2)n1. The van der Waals surface area contributed by atoms with E-state index in [4.69, 9.17) is 14.5 Å². The summed E-state index contributed by atoms with van der Waals surface area (Å²) in [6.07, 6.45) is -0.535. The van der Waals surface area contributed by atoms with Gasteiger partial charge in [0.2, 0.25) is 21.9 Å². The second kappa shape index (κ2) is 13.2. The smallest absolute Gasteiger partial charge is 0.410 e. The Morgan fingerprint density at radius 1 is 1.02 bits per heavy atom. The van der Waals surface area contributed by atoms with E-state index in [2.05, 4.69) is 20.0 Å². The Kier molecular flexibility index (Phi) is 9.48. The average Bonchev–Trinajstić information content (AvgIpc) is 2.97. The lowest BCUT2D eigenvalue weighted by Gasteiger charge is -2.34. The number of aryl methyl sites for hydroxylation is 1. The number of amides is 1. The first-order valence-corrected chi connectivity index (χ1v) is 16.5. The predicted octanol–water partition coefficient (Wildman–Crippen LogP) is 6.91. The van der Waals surface area contributed by atoms with Crippen LogP contribution in [0.4, 0.5) is 29.6 Å². The van der Waals surface area contributed by atoms with E-state index in [-0.39, 0.29) is 23.7 Å². The Morgan fingerprint density at radius 3 is 2.55 bits per heavy atom. The van der Waals surface area contributed by atoms with Crippen LogP contribution in [0.2, 0.25) is 0 Å². The fourth-order valence-electron chi connectivity index (χ4n) is 5.19. The Hall–Kier alpha value is -4.66. The summed E-state index contributed by atoms with van der Waals surface area (Å²) < 4.78 is 77.0. The van der Waals surface area contributed by atoms with E-state index in [1.807, 2.05) is 20.8 Å². The van der Waals surface area contributed by atoms with E-state index in [1.165, 1.54) is 12.1 Å². The van der Waals surface area contributed by atoms with Crippen LogP contribution in [0.25, 0.3) is 22.0 Å². The second-order valence-electron chi connectivity index (χ2n) is 12.2. The lowest BCUT2D eigenvalue weighted by molar-refractivity contribution is -0.106. The molecule has 1 fully saturated rings. The van der Waals surface area contributed by atoms with Gasteiger partial charge in [-0.1, -0.05) is 24.3 Å². The highest BCUT2D eigenvalue weighted by atomic mass is 32.2. The van der Waals surface area contributed by atoms with Crippen molar-refractivity contribution in [2.45, 2.75) is 58.4 Å². The Bertz CT molecular complexity index is 1880. The first kappa shape index (κ1) is 33.7. The minimum atomic E-state index is -4.90. The summed E-state index contributed by atoms with van der Waals surface area (Å²) >= 11 is 0. The number of piperidine rings is 1. The van der Waals surface area contributed by atoms with Crippen molar-refractivity contribution < 1.29 is 35.9 Å². The van der Waals surface area contributed by atoms with Crippen molar-refractivity contribution in [3.8, 4) is 22.9 Å². The van der Waals surface area contributed by atoms with E-state index in [0.717, 1.165) is 12.8 Å². The van der Waals surface area contributed by atoms with Gasteiger partial charge < -0.3 is 19.7 Å². The van der Waals surface area contributed by atoms with Crippen LogP contribution in [0.1, 0.15) is 39.2 Å². The zero-order valence-electron chi connectivity index (χ0n) is 26.3. The van der Waals surface area contributed by atoms with Crippen molar-refractivity contribution in [2.24, 2.45) is 0 Å². The first-order valence-electron chi connectivity index (χ1n) is 14.9. The monoisotopic (exact) mass is 672 g/mol. The van der Waals surface area contributed by atoms with Gasteiger partial charge in [-0.15, -0.1) is 0 Å². The maximum atomic E-state index is 12.9. The molecule has 4 aromatic rings. The van der Waals surface area contributed by atoms with Crippen molar-refractivity contribution >= 4 is 38.5 Å². The molecule has 0 unspecified atom stereocenters. The van der Waals surface area contributed by atoms with Crippen molar-refractivity contribution in [1.82, 2.24) is 19.9 Å². The van der Waals surface area contributed by atoms with Crippen LogP contribution in [0, 0.1) is 6.92 Å². The molecule has 0 aliphatic carbocycles. The van der Waals surface area contributed by atoms with Crippen LogP contribution in [-0.2, 0) is 14.8 Å². The van der Waals surface area contributed by atoms with Gasteiger partial charge in [-0.25, -0.2) is 28.2 Å². The van der Waals surface area contributed by atoms with Gasteiger partial charge >= 0.3 is 12.3 Å². The normalized spacial score (nSPS) is 15.7. The largest absolute Gasteiger partial charge is 0.444 e. The number of rotatable bonds is 8. The molecule has 1 aliphatic rings. The van der Waals surface area contributed by atoms with Gasteiger partial charge in [0.25, 0.3) is 0 Å². The predicted molar refractivity (Wildman–Crippen MR) is 172 cm³/mol. The number of nitrogens with one attached hydrogen (secondary N) is 2. The number of hydrogen-bond acceptors (Lipinski definition) is 9. The minimum absolute atomic E-state index is 0.0164. The van der Waals surface area contributed by atoms with Crippen LogP contribution < -0.4 is 14.8 Å². The molecule has 0 spiro atoms. The molecule has 1 aliphatic heterocycles. The zero-order valence-corrected chi connectivity index (χ0v) is 27.1. The molecule has 1 atom stereocenters. The summed E-state index contributed by atoms with van der Waals surface area (Å²) in [5, 5.41) is 4.13. The highest BCUT2D eigenvalue weighted by Gasteiger charge is 2.35. The average molecular weight is 673 g/mol. The Morgan fingerprint density at radius 2 is 1.81 bits per heavy atom. The summed E-state index contributed by atoms with van der Waals surface area (Å²) in [4.78, 5) is 27.8. The number of alkyl halides is 3. The van der Waals surface area contributed by atoms with Crippen molar-refractivity contribution in [1.29, 1.82) is 0 Å². The maximum absolute atomic E-state index is 12.9. The summed E-state index contributed by atoms with van der Waals surface area (Å²) in [6, 6.07) is 13.0. The third-order valence-corrected chi connectivity index (χ3v) is 8.37. The standard InChI is InChI=1S/C32H35F3N6O5S/c1-20-12-13-22-23(9-5-11-26(22)40-47(43,44)19-32(33,34)35)27(20)45-28-24(10-6-15-36-28)25-14-16-37-29(39-25)38-21-8-7-17-41(18-21)30(42)46-31(2,3)4/h5-6,9-16,21,40H,7-8,17-19H2,1-4H3,(H,37,38,39)/t21-/m0/s1. The lowest BCUT2D eigenvalue weighted by Crippen LogP contribution is -2.47. The number of sulfonamides is 1. The van der Waals surface area contributed by atoms with Gasteiger partial charge in [-0.2, -0.15) is 13.2 Å². The number of nitrogens with zero attached hydrogens (tertiary/aromatic N) is 4. The van der Waals surface area contributed by atoms with E-state index in [1.54, 1.807) is 60.6 Å². The third-order valence-electron chi connectivity index (χ3n) is 7.14. The number of aromatic nitrogens is 3. The molecule has 47 heavy (non-hydrogen) atoms. The Labute approximate surface area is 270 Å². The van der Waals surface area contributed by atoms with Gasteiger partial charge in [-0.3, -0.25) is 4.72 Å². The molecule has 2 N–H and O–H groups in total. The molecule has 0 bridgehead atoms. The molecule has 2 aromatic carbocycles. The molecule has 0 radical (unpaired) electrons. The number of benzene rings is 2. The fraction of sp³-hybridized carbons (Fsp3) is 0.375. The summed E-state index contributed by atoms with van der Waals surface area (Å²) in [7, 11) is -4.71. The number of halogens is 3. The fourth-order valence-corrected chi connectivity index (χ4v) is 6.21. The van der Waals surface area contributed by atoms with Gasteiger partial charge in [0, 0.05) is 42.3 Å². The number of pyridine rings is 1. The summed E-state index contributed by atoms with van der Waals surface area (Å²) in [5.74, 6) is -1.12. The van der Waals surface area contributed by atoms with Gasteiger partial charge in [0.15, 0.2) is 5.75 Å². The van der Waals surface area contributed by atoms with Crippen LogP contribution in [0.15, 0.2) is 60.9 Å². The number of carbonyl (C=O) groups is 1. The summed E-state index contributed by atoms with van der Waals surface area (Å²) in [5.41, 5.74) is 1.11. The molecule has 1 saturated heterocycles. The topological polar surface area (TPSA) is 136 Å². The maximum Gasteiger partial charge on any atom is 0.410 e. The second-order valence-corrected chi connectivity index (χ2v) is 13.9. The van der Waals surface area contributed by atoms with Crippen LogP contribution >= 0.6 is 0 Å². The number of fused-ring (bicyclic) bond motifs is 1. The quantitative estimate of drug-likeness (QED) is 0.205. The Balaban J connectivity index is 1.39. The summed E-state index contributed by atoms with van der Waals surface area (Å²) in [6.45, 7) is 8.29.